The van der Waals surface area contributed by atoms with Crippen molar-refractivity contribution in [2.75, 3.05) is 26.7 Å². The minimum absolute atomic E-state index is 0. The van der Waals surface area contributed by atoms with Gasteiger partial charge in [0, 0.05) is 50.9 Å². The van der Waals surface area contributed by atoms with Crippen molar-refractivity contribution < 1.29 is 4.79 Å². The number of aryl methyl sites for hydroxylation is 1. The van der Waals surface area contributed by atoms with Crippen LogP contribution in [0.25, 0.3) is 0 Å². The number of aliphatic imine (C=N–C) groups is 1. The summed E-state index contributed by atoms with van der Waals surface area (Å²) in [6, 6.07) is 19.1. The minimum atomic E-state index is -0.0513. The first-order chi connectivity index (χ1) is 14.5. The molecule has 0 aliphatic carbocycles. The molecule has 1 saturated heterocycles. The van der Waals surface area contributed by atoms with Crippen LogP contribution >= 0.6 is 24.0 Å². The van der Waals surface area contributed by atoms with Crippen LogP contribution in [-0.4, -0.2) is 55.5 Å². The van der Waals surface area contributed by atoms with Crippen molar-refractivity contribution in [3.8, 4) is 0 Å². The number of carbonyl (C=O) groups excluding carboxylic acids is 1. The van der Waals surface area contributed by atoms with Crippen LogP contribution in [0.15, 0.2) is 59.6 Å². The van der Waals surface area contributed by atoms with E-state index in [1.54, 1.807) is 7.05 Å². The smallest absolute Gasteiger partial charge is 0.251 e. The van der Waals surface area contributed by atoms with Gasteiger partial charge in [-0.2, -0.15) is 0 Å². The van der Waals surface area contributed by atoms with Crippen LogP contribution in [-0.2, 0) is 6.54 Å². The quantitative estimate of drug-likeness (QED) is 0.221. The standard InChI is InChI=1S/C24H33N5O.HI/c1-18-8-7-11-21(14-18)23(30)26-12-13-27-24(25-3)28-22-15-19(2)29(17-22)16-20-9-5-4-6-10-20;/h4-11,14,19,22H,12-13,15-17H2,1-3H3,(H,26,30)(H2,25,27,28);1H. The lowest BCUT2D eigenvalue weighted by Gasteiger charge is -2.21. The number of likely N-dealkylation sites (tertiary alicyclic amines) is 1. The molecule has 168 valence electrons. The number of hydrogen-bond donors (Lipinski definition) is 3. The number of hydrogen-bond acceptors (Lipinski definition) is 3. The average molecular weight is 535 g/mol. The van der Waals surface area contributed by atoms with E-state index in [0.717, 1.165) is 31.0 Å². The van der Waals surface area contributed by atoms with Gasteiger partial charge in [0.15, 0.2) is 5.96 Å². The zero-order chi connectivity index (χ0) is 21.3. The summed E-state index contributed by atoms with van der Waals surface area (Å²) in [7, 11) is 1.78. The van der Waals surface area contributed by atoms with Gasteiger partial charge in [0.25, 0.3) is 5.91 Å². The maximum absolute atomic E-state index is 12.2. The minimum Gasteiger partial charge on any atom is -0.355 e. The second-order valence-corrected chi connectivity index (χ2v) is 7.97. The summed E-state index contributed by atoms with van der Waals surface area (Å²) in [6.07, 6.45) is 1.08. The lowest BCUT2D eigenvalue weighted by atomic mass is 10.1. The van der Waals surface area contributed by atoms with Crippen molar-refractivity contribution in [3.63, 3.8) is 0 Å². The second kappa shape index (κ2) is 12.7. The van der Waals surface area contributed by atoms with Crippen LogP contribution in [0.5, 0.6) is 0 Å². The van der Waals surface area contributed by atoms with Crippen LogP contribution in [0.1, 0.15) is 34.8 Å². The van der Waals surface area contributed by atoms with Gasteiger partial charge in [-0.1, -0.05) is 48.0 Å². The Morgan fingerprint density at radius 1 is 1.10 bits per heavy atom. The molecular weight excluding hydrogens is 501 g/mol. The highest BCUT2D eigenvalue weighted by molar-refractivity contribution is 14.0. The zero-order valence-corrected chi connectivity index (χ0v) is 20.9. The lowest BCUT2D eigenvalue weighted by molar-refractivity contribution is 0.0954. The molecule has 6 nitrogen and oxygen atoms in total. The Bertz CT molecular complexity index is 858. The van der Waals surface area contributed by atoms with Gasteiger partial charge in [0.1, 0.15) is 0 Å². The van der Waals surface area contributed by atoms with Gasteiger partial charge in [-0.15, -0.1) is 24.0 Å². The molecule has 2 unspecified atom stereocenters. The molecule has 1 heterocycles. The molecule has 3 N–H and O–H groups in total. The molecule has 7 heteroatoms. The van der Waals surface area contributed by atoms with Crippen LogP contribution in [0.2, 0.25) is 0 Å². The van der Waals surface area contributed by atoms with Gasteiger partial charge in [-0.3, -0.25) is 14.7 Å². The Morgan fingerprint density at radius 2 is 1.84 bits per heavy atom. The normalized spacial score (nSPS) is 18.9. The molecule has 0 spiro atoms. The maximum atomic E-state index is 12.2. The fourth-order valence-corrected chi connectivity index (χ4v) is 3.87. The fourth-order valence-electron chi connectivity index (χ4n) is 3.87. The summed E-state index contributed by atoms with van der Waals surface area (Å²) in [4.78, 5) is 19.1. The van der Waals surface area contributed by atoms with Gasteiger partial charge in [0.2, 0.25) is 0 Å². The molecule has 2 aromatic rings. The van der Waals surface area contributed by atoms with Crippen molar-refractivity contribution >= 4 is 35.8 Å². The maximum Gasteiger partial charge on any atom is 0.251 e. The van der Waals surface area contributed by atoms with E-state index < -0.39 is 0 Å². The highest BCUT2D eigenvalue weighted by atomic mass is 127. The monoisotopic (exact) mass is 535 g/mol. The largest absolute Gasteiger partial charge is 0.355 e. The molecule has 0 saturated carbocycles. The third-order valence-electron chi connectivity index (χ3n) is 5.48. The molecule has 1 aliphatic heterocycles. The summed E-state index contributed by atoms with van der Waals surface area (Å²) in [5, 5.41) is 9.77. The predicted octanol–water partition coefficient (Wildman–Crippen LogP) is 3.17. The van der Waals surface area contributed by atoms with E-state index >= 15 is 0 Å². The zero-order valence-electron chi connectivity index (χ0n) is 18.6. The first-order valence-electron chi connectivity index (χ1n) is 10.6. The predicted molar refractivity (Wildman–Crippen MR) is 138 cm³/mol. The summed E-state index contributed by atoms with van der Waals surface area (Å²) < 4.78 is 0. The lowest BCUT2D eigenvalue weighted by Crippen LogP contribution is -2.46. The van der Waals surface area contributed by atoms with E-state index in [1.165, 1.54) is 5.56 Å². The Kier molecular flexibility index (Phi) is 10.3. The molecule has 1 fully saturated rings. The molecule has 3 rings (SSSR count). The number of nitrogens with zero attached hydrogens (tertiary/aromatic N) is 2. The van der Waals surface area contributed by atoms with Crippen LogP contribution in [0.3, 0.4) is 0 Å². The van der Waals surface area contributed by atoms with Crippen LogP contribution < -0.4 is 16.0 Å². The number of amides is 1. The first kappa shape index (κ1) is 25.1. The number of guanidine groups is 1. The van der Waals surface area contributed by atoms with Crippen molar-refractivity contribution in [2.24, 2.45) is 4.99 Å². The van der Waals surface area contributed by atoms with Gasteiger partial charge in [-0.25, -0.2) is 0 Å². The van der Waals surface area contributed by atoms with E-state index in [9.17, 15) is 4.79 Å². The third-order valence-corrected chi connectivity index (χ3v) is 5.48. The first-order valence-corrected chi connectivity index (χ1v) is 10.6. The van der Waals surface area contributed by atoms with Crippen LogP contribution in [0.4, 0.5) is 0 Å². The van der Waals surface area contributed by atoms with Gasteiger partial charge in [0.05, 0.1) is 0 Å². The summed E-state index contributed by atoms with van der Waals surface area (Å²) >= 11 is 0. The molecular formula is C24H34IN5O. The second-order valence-electron chi connectivity index (χ2n) is 7.97. The molecule has 2 aromatic carbocycles. The Hall–Kier alpha value is -2.13. The molecule has 0 radical (unpaired) electrons. The average Bonchev–Trinajstić information content (AvgIpc) is 3.09. The highest BCUT2D eigenvalue weighted by Crippen LogP contribution is 2.20. The number of rotatable bonds is 7. The summed E-state index contributed by atoms with van der Waals surface area (Å²) in [6.45, 7) is 7.38. The third kappa shape index (κ3) is 7.81. The molecule has 2 atom stereocenters. The van der Waals surface area contributed by atoms with Crippen LogP contribution in [0, 0.1) is 6.92 Å². The van der Waals surface area contributed by atoms with Gasteiger partial charge < -0.3 is 16.0 Å². The summed E-state index contributed by atoms with van der Waals surface area (Å²) in [5.41, 5.74) is 3.12. The van der Waals surface area contributed by atoms with Gasteiger partial charge in [-0.05, 0) is 38.0 Å². The molecule has 0 aromatic heterocycles. The van der Waals surface area contributed by atoms with Gasteiger partial charge >= 0.3 is 0 Å². The molecule has 31 heavy (non-hydrogen) atoms. The number of halogens is 1. The molecule has 1 aliphatic rings. The SMILES string of the molecule is CN=C(NCCNC(=O)c1cccc(C)c1)NC1CC(C)N(Cc2ccccc2)C1.I. The number of nitrogens with one attached hydrogen (secondary N) is 3. The fraction of sp³-hybridized carbons (Fsp3) is 0.417. The van der Waals surface area contributed by atoms with E-state index in [-0.39, 0.29) is 29.9 Å². The molecule has 0 bridgehead atoms. The highest BCUT2D eigenvalue weighted by Gasteiger charge is 2.29. The van der Waals surface area contributed by atoms with E-state index in [4.69, 9.17) is 0 Å². The van der Waals surface area contributed by atoms with Crippen molar-refractivity contribution in [3.05, 3.63) is 71.3 Å². The number of benzene rings is 2. The Morgan fingerprint density at radius 3 is 2.55 bits per heavy atom. The Balaban J connectivity index is 0.00000341. The van der Waals surface area contributed by atoms with E-state index in [1.807, 2.05) is 31.2 Å². The van der Waals surface area contributed by atoms with E-state index in [0.29, 0.717) is 30.7 Å². The van der Waals surface area contributed by atoms with Crippen molar-refractivity contribution in [2.45, 2.75) is 38.9 Å². The Labute approximate surface area is 202 Å². The van der Waals surface area contributed by atoms with Crippen molar-refractivity contribution in [1.29, 1.82) is 0 Å². The topological polar surface area (TPSA) is 68.8 Å². The molecule has 1 amide bonds. The van der Waals surface area contributed by atoms with E-state index in [2.05, 4.69) is 63.1 Å². The van der Waals surface area contributed by atoms with Crippen molar-refractivity contribution in [1.82, 2.24) is 20.9 Å². The summed E-state index contributed by atoms with van der Waals surface area (Å²) in [5.74, 6) is 0.725. The number of carbonyl (C=O) groups is 1.